The number of rotatable bonds is 2. The molecule has 6 heteroatoms. The summed E-state index contributed by atoms with van der Waals surface area (Å²) in [5.41, 5.74) is 0.0238. The van der Waals surface area contributed by atoms with Gasteiger partial charge in [0.1, 0.15) is 17.2 Å². The fraction of sp³-hybridized carbons (Fsp3) is 0.222. The van der Waals surface area contributed by atoms with Crippen molar-refractivity contribution in [2.45, 2.75) is 25.9 Å². The van der Waals surface area contributed by atoms with Crippen LogP contribution < -0.4 is 10.1 Å². The number of ether oxygens (including phenoxy) is 1. The Balaban J connectivity index is 1.90. The number of ketones is 1. The Bertz CT molecular complexity index is 828. The molecule has 1 heterocycles. The molecule has 0 atom stereocenters. The molecule has 2 aromatic carbocycles. The van der Waals surface area contributed by atoms with E-state index >= 15 is 0 Å². The lowest BCUT2D eigenvalue weighted by Crippen LogP contribution is -2.35. The van der Waals surface area contributed by atoms with Gasteiger partial charge in [0, 0.05) is 11.8 Å². The van der Waals surface area contributed by atoms with E-state index in [-0.39, 0.29) is 22.8 Å². The predicted octanol–water partition coefficient (Wildman–Crippen LogP) is 4.48. The molecule has 4 nitrogen and oxygen atoms in total. The monoisotopic (exact) mass is 347 g/mol. The molecule has 0 aromatic heterocycles. The molecule has 3 rings (SSSR count). The molecule has 2 aromatic rings. The summed E-state index contributed by atoms with van der Waals surface area (Å²) in [5.74, 6) is -0.991. The maximum Gasteiger partial charge on any atom is 0.260 e. The lowest BCUT2D eigenvalue weighted by Gasteiger charge is -2.31. The highest BCUT2D eigenvalue weighted by molar-refractivity contribution is 6.34. The van der Waals surface area contributed by atoms with E-state index in [0.717, 1.165) is 6.07 Å². The van der Waals surface area contributed by atoms with Gasteiger partial charge in [-0.25, -0.2) is 4.39 Å². The number of carbonyl (C=O) groups excluding carboxylic acids is 2. The summed E-state index contributed by atoms with van der Waals surface area (Å²) in [4.78, 5) is 24.4. The summed E-state index contributed by atoms with van der Waals surface area (Å²) in [5, 5.41) is 2.60. The van der Waals surface area contributed by atoms with Crippen LogP contribution in [-0.2, 0) is 0 Å². The molecule has 0 saturated carbocycles. The van der Waals surface area contributed by atoms with Crippen LogP contribution in [-0.4, -0.2) is 17.3 Å². The molecular formula is C18H15ClFNO3. The number of nitrogens with one attached hydrogen (secondary N) is 1. The first-order chi connectivity index (χ1) is 11.3. The molecule has 0 aliphatic carbocycles. The average molecular weight is 348 g/mol. The molecule has 124 valence electrons. The second-order valence-corrected chi connectivity index (χ2v) is 6.63. The molecule has 0 bridgehead atoms. The topological polar surface area (TPSA) is 55.4 Å². The van der Waals surface area contributed by atoms with E-state index in [2.05, 4.69) is 5.32 Å². The smallest absolute Gasteiger partial charge is 0.260 e. The van der Waals surface area contributed by atoms with Crippen molar-refractivity contribution in [3.8, 4) is 5.75 Å². The minimum Gasteiger partial charge on any atom is -0.487 e. The van der Waals surface area contributed by atoms with E-state index < -0.39 is 17.3 Å². The summed E-state index contributed by atoms with van der Waals surface area (Å²) >= 11 is 5.89. The van der Waals surface area contributed by atoms with Crippen molar-refractivity contribution in [1.82, 2.24) is 0 Å². The molecule has 0 unspecified atom stereocenters. The third-order valence-corrected chi connectivity index (χ3v) is 4.02. The number of hydrogen-bond donors (Lipinski definition) is 1. The van der Waals surface area contributed by atoms with Crippen LogP contribution in [0.1, 0.15) is 41.0 Å². The van der Waals surface area contributed by atoms with Gasteiger partial charge in [-0.15, -0.1) is 0 Å². The first-order valence-electron chi connectivity index (χ1n) is 7.38. The summed E-state index contributed by atoms with van der Waals surface area (Å²) in [6, 6.07) is 8.75. The number of Topliss-reactive ketones (excluding diaryl/α,β-unsaturated/α-hetero) is 1. The van der Waals surface area contributed by atoms with Gasteiger partial charge in [-0.1, -0.05) is 17.7 Å². The van der Waals surface area contributed by atoms with E-state index in [1.165, 1.54) is 12.1 Å². The third-order valence-electron chi connectivity index (χ3n) is 3.70. The lowest BCUT2D eigenvalue weighted by molar-refractivity contribution is 0.0620. The van der Waals surface area contributed by atoms with E-state index in [0.29, 0.717) is 17.0 Å². The van der Waals surface area contributed by atoms with Gasteiger partial charge in [-0.05, 0) is 38.1 Å². The fourth-order valence-electron chi connectivity index (χ4n) is 2.64. The average Bonchev–Trinajstić information content (AvgIpc) is 2.45. The number of carbonyl (C=O) groups is 2. The Hall–Kier alpha value is -2.40. The molecule has 24 heavy (non-hydrogen) atoms. The van der Waals surface area contributed by atoms with Gasteiger partial charge < -0.3 is 10.1 Å². The van der Waals surface area contributed by atoms with Crippen molar-refractivity contribution in [3.63, 3.8) is 0 Å². The zero-order valence-corrected chi connectivity index (χ0v) is 13.9. The fourth-order valence-corrected chi connectivity index (χ4v) is 2.89. The second-order valence-electron chi connectivity index (χ2n) is 6.22. The van der Waals surface area contributed by atoms with E-state index in [4.69, 9.17) is 16.3 Å². The van der Waals surface area contributed by atoms with Crippen molar-refractivity contribution in [1.29, 1.82) is 0 Å². The normalized spacial score (nSPS) is 15.4. The zero-order valence-electron chi connectivity index (χ0n) is 13.2. The predicted molar refractivity (Wildman–Crippen MR) is 89.5 cm³/mol. The summed E-state index contributed by atoms with van der Waals surface area (Å²) in [7, 11) is 0. The quantitative estimate of drug-likeness (QED) is 0.871. The van der Waals surface area contributed by atoms with Crippen LogP contribution in [0.4, 0.5) is 10.1 Å². The molecule has 0 saturated heterocycles. The zero-order chi connectivity index (χ0) is 17.5. The second kappa shape index (κ2) is 5.91. The number of benzene rings is 2. The SMILES string of the molecule is CC1(C)CC(=O)c2ccc(NC(=O)c3c(F)cccc3Cl)cc2O1. The standard InChI is InChI=1S/C18H15ClFNO3/c1-18(2)9-14(22)11-7-6-10(8-15(11)24-18)21-17(23)16-12(19)4-3-5-13(16)20/h3-8H,9H2,1-2H3,(H,21,23). The van der Waals surface area contributed by atoms with Crippen molar-refractivity contribution >= 4 is 29.0 Å². The molecule has 0 radical (unpaired) electrons. The number of anilines is 1. The Morgan fingerprint density at radius 1 is 1.29 bits per heavy atom. The largest absolute Gasteiger partial charge is 0.487 e. The Morgan fingerprint density at radius 2 is 2.04 bits per heavy atom. The molecule has 1 amide bonds. The van der Waals surface area contributed by atoms with Crippen LogP contribution in [0.5, 0.6) is 5.75 Å². The minimum atomic E-state index is -0.703. The maximum absolute atomic E-state index is 13.8. The summed E-state index contributed by atoms with van der Waals surface area (Å²) < 4.78 is 19.6. The van der Waals surface area contributed by atoms with Crippen LogP contribution in [0.25, 0.3) is 0 Å². The third kappa shape index (κ3) is 3.12. The van der Waals surface area contributed by atoms with Gasteiger partial charge in [0.25, 0.3) is 5.91 Å². The lowest BCUT2D eigenvalue weighted by atomic mass is 9.93. The van der Waals surface area contributed by atoms with Gasteiger partial charge in [-0.3, -0.25) is 9.59 Å². The number of hydrogen-bond acceptors (Lipinski definition) is 3. The number of halogens is 2. The molecule has 1 N–H and O–H groups in total. The van der Waals surface area contributed by atoms with Crippen LogP contribution in [0.2, 0.25) is 5.02 Å². The minimum absolute atomic E-state index is 0.0173. The van der Waals surface area contributed by atoms with E-state index in [1.807, 2.05) is 13.8 Å². The first kappa shape index (κ1) is 16.5. The molecular weight excluding hydrogens is 333 g/mol. The van der Waals surface area contributed by atoms with Crippen molar-refractivity contribution in [2.24, 2.45) is 0 Å². The molecule has 0 spiro atoms. The van der Waals surface area contributed by atoms with Crippen molar-refractivity contribution in [3.05, 3.63) is 58.4 Å². The van der Waals surface area contributed by atoms with Crippen LogP contribution in [0.3, 0.4) is 0 Å². The highest BCUT2D eigenvalue weighted by Crippen LogP contribution is 2.35. The summed E-state index contributed by atoms with van der Waals surface area (Å²) in [6.07, 6.45) is 0.288. The van der Waals surface area contributed by atoms with Crippen LogP contribution in [0.15, 0.2) is 36.4 Å². The first-order valence-corrected chi connectivity index (χ1v) is 7.76. The Labute approximate surface area is 143 Å². The van der Waals surface area contributed by atoms with E-state index in [1.54, 1.807) is 18.2 Å². The highest BCUT2D eigenvalue weighted by atomic mass is 35.5. The van der Waals surface area contributed by atoms with Crippen molar-refractivity contribution < 1.29 is 18.7 Å². The molecule has 1 aliphatic rings. The number of amides is 1. The van der Waals surface area contributed by atoms with Gasteiger partial charge >= 0.3 is 0 Å². The van der Waals surface area contributed by atoms with Gasteiger partial charge in [0.2, 0.25) is 0 Å². The van der Waals surface area contributed by atoms with E-state index in [9.17, 15) is 14.0 Å². The maximum atomic E-state index is 13.8. The summed E-state index contributed by atoms with van der Waals surface area (Å²) in [6.45, 7) is 3.64. The van der Waals surface area contributed by atoms with Crippen LogP contribution in [0, 0.1) is 5.82 Å². The number of fused-ring (bicyclic) bond motifs is 1. The highest BCUT2D eigenvalue weighted by Gasteiger charge is 2.32. The van der Waals surface area contributed by atoms with Gasteiger partial charge in [0.15, 0.2) is 5.78 Å². The van der Waals surface area contributed by atoms with Crippen LogP contribution >= 0.6 is 11.6 Å². The Morgan fingerprint density at radius 3 is 2.75 bits per heavy atom. The van der Waals surface area contributed by atoms with Gasteiger partial charge in [0.05, 0.1) is 22.6 Å². The van der Waals surface area contributed by atoms with Crippen molar-refractivity contribution in [2.75, 3.05) is 5.32 Å². The molecule has 0 fully saturated rings. The van der Waals surface area contributed by atoms with Gasteiger partial charge in [-0.2, -0.15) is 0 Å². The Kier molecular flexibility index (Phi) is 4.05. The molecule has 1 aliphatic heterocycles.